The Balaban J connectivity index is 1.31. The predicted molar refractivity (Wildman–Crippen MR) is 140 cm³/mol. The number of Topliss-reactive ketones (excluding diaryl/α,β-unsaturated/α-hetero) is 1. The number of nitrogen functional groups attached to an aromatic ring is 1. The molecule has 194 valence electrons. The van der Waals surface area contributed by atoms with Gasteiger partial charge in [-0.15, -0.1) is 0 Å². The SMILES string of the molecule is Cc1cc(-c2cnc3nc(N)[nH]c3c2)cc2c1OCCN(C(=O)N1CCC(=O)CC1c1cccc(F)c1)C2. The number of aromatic amines is 1. The zero-order valence-corrected chi connectivity index (χ0v) is 20.9. The van der Waals surface area contributed by atoms with Crippen LogP contribution in [0.4, 0.5) is 15.1 Å². The van der Waals surface area contributed by atoms with Gasteiger partial charge in [0, 0.05) is 36.7 Å². The van der Waals surface area contributed by atoms with Crippen LogP contribution in [0, 0.1) is 12.7 Å². The van der Waals surface area contributed by atoms with Gasteiger partial charge in [-0.3, -0.25) is 4.79 Å². The number of H-pyrrole nitrogens is 1. The van der Waals surface area contributed by atoms with E-state index in [2.05, 4.69) is 15.0 Å². The van der Waals surface area contributed by atoms with Crippen LogP contribution in [0.3, 0.4) is 0 Å². The summed E-state index contributed by atoms with van der Waals surface area (Å²) in [6.07, 6.45) is 2.21. The lowest BCUT2D eigenvalue weighted by molar-refractivity contribution is -0.122. The third-order valence-corrected chi connectivity index (χ3v) is 7.19. The topological polar surface area (TPSA) is 117 Å². The van der Waals surface area contributed by atoms with E-state index in [1.54, 1.807) is 28.1 Å². The highest BCUT2D eigenvalue weighted by atomic mass is 19.1. The number of carbonyl (C=O) groups is 2. The molecule has 0 bridgehead atoms. The van der Waals surface area contributed by atoms with Gasteiger partial charge in [0.15, 0.2) is 11.6 Å². The fourth-order valence-corrected chi connectivity index (χ4v) is 5.37. The minimum atomic E-state index is -0.504. The summed E-state index contributed by atoms with van der Waals surface area (Å²) in [5.41, 5.74) is 11.3. The Kier molecular flexibility index (Phi) is 5.94. The van der Waals surface area contributed by atoms with E-state index < -0.39 is 11.9 Å². The lowest BCUT2D eigenvalue weighted by atomic mass is 9.94. The number of benzene rings is 2. The van der Waals surface area contributed by atoms with Crippen LogP contribution in [-0.4, -0.2) is 56.3 Å². The summed E-state index contributed by atoms with van der Waals surface area (Å²) in [6, 6.07) is 11.4. The monoisotopic (exact) mass is 514 g/mol. The molecule has 38 heavy (non-hydrogen) atoms. The highest BCUT2D eigenvalue weighted by molar-refractivity contribution is 5.84. The number of hydrogen-bond donors (Lipinski definition) is 2. The van der Waals surface area contributed by atoms with E-state index >= 15 is 0 Å². The molecule has 0 radical (unpaired) electrons. The number of fused-ring (bicyclic) bond motifs is 2. The summed E-state index contributed by atoms with van der Waals surface area (Å²) in [5, 5.41) is 0. The summed E-state index contributed by atoms with van der Waals surface area (Å²) in [5.74, 6) is 0.747. The van der Waals surface area contributed by atoms with Crippen molar-refractivity contribution in [3.63, 3.8) is 0 Å². The third kappa shape index (κ3) is 4.42. The van der Waals surface area contributed by atoms with Crippen molar-refractivity contribution in [2.24, 2.45) is 0 Å². The fourth-order valence-electron chi connectivity index (χ4n) is 5.37. The van der Waals surface area contributed by atoms with Crippen LogP contribution in [0.2, 0.25) is 0 Å². The number of pyridine rings is 1. The quantitative estimate of drug-likeness (QED) is 0.410. The van der Waals surface area contributed by atoms with E-state index in [9.17, 15) is 14.0 Å². The number of anilines is 1. The number of nitrogens with one attached hydrogen (secondary N) is 1. The molecule has 2 aromatic carbocycles. The third-order valence-electron chi connectivity index (χ3n) is 7.19. The molecular weight excluding hydrogens is 487 g/mol. The smallest absolute Gasteiger partial charge is 0.320 e. The van der Waals surface area contributed by atoms with Gasteiger partial charge >= 0.3 is 6.03 Å². The largest absolute Gasteiger partial charge is 0.491 e. The van der Waals surface area contributed by atoms with Crippen molar-refractivity contribution in [3.8, 4) is 16.9 Å². The van der Waals surface area contributed by atoms with Crippen molar-refractivity contribution in [1.29, 1.82) is 0 Å². The molecule has 6 rings (SSSR count). The van der Waals surface area contributed by atoms with Crippen LogP contribution >= 0.6 is 0 Å². The van der Waals surface area contributed by atoms with Crippen LogP contribution in [0.5, 0.6) is 5.75 Å². The van der Waals surface area contributed by atoms with Gasteiger partial charge < -0.3 is 25.3 Å². The Morgan fingerprint density at radius 2 is 2.05 bits per heavy atom. The summed E-state index contributed by atoms with van der Waals surface area (Å²) in [6.45, 7) is 3.36. The van der Waals surface area contributed by atoms with Crippen LogP contribution in [0.15, 0.2) is 48.7 Å². The van der Waals surface area contributed by atoms with Crippen molar-refractivity contribution in [1.82, 2.24) is 24.8 Å². The number of nitrogens with two attached hydrogens (primary N) is 1. The first-order valence-corrected chi connectivity index (χ1v) is 12.6. The maximum absolute atomic E-state index is 14.0. The number of amides is 2. The molecule has 2 aromatic heterocycles. The van der Waals surface area contributed by atoms with Crippen LogP contribution in [0.1, 0.15) is 35.6 Å². The van der Waals surface area contributed by atoms with Gasteiger partial charge in [0.05, 0.1) is 24.6 Å². The van der Waals surface area contributed by atoms with Gasteiger partial charge in [-0.05, 0) is 53.9 Å². The molecule has 0 spiro atoms. The Hall–Kier alpha value is -4.47. The number of aromatic nitrogens is 3. The van der Waals surface area contributed by atoms with Crippen molar-refractivity contribution < 1.29 is 18.7 Å². The highest BCUT2D eigenvalue weighted by Crippen LogP contribution is 2.35. The summed E-state index contributed by atoms with van der Waals surface area (Å²) in [4.78, 5) is 41.2. The van der Waals surface area contributed by atoms with Crippen LogP contribution in [0.25, 0.3) is 22.3 Å². The number of rotatable bonds is 2. The maximum Gasteiger partial charge on any atom is 0.320 e. The number of imidazole rings is 1. The number of piperidine rings is 1. The van der Waals surface area contributed by atoms with E-state index in [1.807, 2.05) is 25.1 Å². The molecule has 0 saturated carbocycles. The molecule has 1 unspecified atom stereocenters. The molecule has 1 atom stereocenters. The number of nitrogens with zero attached hydrogens (tertiary/aromatic N) is 4. The average molecular weight is 515 g/mol. The van der Waals surface area contributed by atoms with Gasteiger partial charge in [0.2, 0.25) is 0 Å². The molecule has 2 aliphatic rings. The summed E-state index contributed by atoms with van der Waals surface area (Å²) < 4.78 is 20.1. The Morgan fingerprint density at radius 1 is 1.18 bits per heavy atom. The van der Waals surface area contributed by atoms with E-state index in [0.29, 0.717) is 43.4 Å². The molecule has 1 fully saturated rings. The van der Waals surface area contributed by atoms with E-state index in [0.717, 1.165) is 33.5 Å². The van der Waals surface area contributed by atoms with Gasteiger partial charge in [0.1, 0.15) is 24.0 Å². The van der Waals surface area contributed by atoms with Crippen molar-refractivity contribution >= 4 is 28.9 Å². The number of halogens is 1. The van der Waals surface area contributed by atoms with Crippen molar-refractivity contribution in [2.45, 2.75) is 32.4 Å². The number of carbonyl (C=O) groups excluding carboxylic acids is 2. The first-order chi connectivity index (χ1) is 18.4. The molecule has 2 amide bonds. The Labute approximate surface area is 218 Å². The molecule has 4 aromatic rings. The molecule has 4 heterocycles. The lowest BCUT2D eigenvalue weighted by Gasteiger charge is -2.38. The molecule has 3 N–H and O–H groups in total. The molecule has 0 aliphatic carbocycles. The number of ether oxygens (including phenoxy) is 1. The number of urea groups is 1. The minimum Gasteiger partial charge on any atom is -0.491 e. The van der Waals surface area contributed by atoms with Gasteiger partial charge in [-0.1, -0.05) is 12.1 Å². The standard InChI is InChI=1S/C28H27FN6O3/c1-16-9-18(19-12-23-26(31-14-19)33-27(30)32-23)10-20-15-34(7-8-38-25(16)20)28(37)35-6-5-22(36)13-24(35)17-3-2-4-21(29)11-17/h2-4,9-12,14,24H,5-8,13,15H2,1H3,(H3,30,31,32,33). The van der Waals surface area contributed by atoms with Crippen molar-refractivity contribution in [3.05, 3.63) is 71.2 Å². The molecule has 1 saturated heterocycles. The molecule has 9 nitrogen and oxygen atoms in total. The summed E-state index contributed by atoms with van der Waals surface area (Å²) in [7, 11) is 0. The maximum atomic E-state index is 14.0. The first-order valence-electron chi connectivity index (χ1n) is 12.6. The van der Waals surface area contributed by atoms with Crippen LogP contribution < -0.4 is 10.5 Å². The Bertz CT molecular complexity index is 1570. The van der Waals surface area contributed by atoms with Gasteiger partial charge in [0.25, 0.3) is 0 Å². The number of aryl methyl sites for hydroxylation is 1. The van der Waals surface area contributed by atoms with Crippen molar-refractivity contribution in [2.75, 3.05) is 25.4 Å². The molecular formula is C28H27FN6O3. The molecule has 10 heteroatoms. The first kappa shape index (κ1) is 23.9. The normalized spacial score (nSPS) is 17.7. The second-order valence-electron chi connectivity index (χ2n) is 9.81. The zero-order chi connectivity index (χ0) is 26.4. The number of hydrogen-bond acceptors (Lipinski definition) is 6. The molecule has 2 aliphatic heterocycles. The second kappa shape index (κ2) is 9.44. The highest BCUT2D eigenvalue weighted by Gasteiger charge is 2.35. The number of likely N-dealkylation sites (tertiary alicyclic amines) is 1. The average Bonchev–Trinajstić information content (AvgIpc) is 3.13. The predicted octanol–water partition coefficient (Wildman–Crippen LogP) is 4.38. The minimum absolute atomic E-state index is 0.0673. The number of ketones is 1. The van der Waals surface area contributed by atoms with E-state index in [-0.39, 0.29) is 24.7 Å². The van der Waals surface area contributed by atoms with Gasteiger partial charge in [-0.25, -0.2) is 14.2 Å². The fraction of sp³-hybridized carbons (Fsp3) is 0.286. The summed E-state index contributed by atoms with van der Waals surface area (Å²) >= 11 is 0. The Morgan fingerprint density at radius 3 is 2.89 bits per heavy atom. The van der Waals surface area contributed by atoms with Gasteiger partial charge in [-0.2, -0.15) is 4.98 Å². The lowest BCUT2D eigenvalue weighted by Crippen LogP contribution is -2.48. The van der Waals surface area contributed by atoms with E-state index in [4.69, 9.17) is 10.5 Å². The second-order valence-corrected chi connectivity index (χ2v) is 9.81. The zero-order valence-electron chi connectivity index (χ0n) is 20.9. The van der Waals surface area contributed by atoms with E-state index in [1.165, 1.54) is 12.1 Å². The van der Waals surface area contributed by atoms with Crippen LogP contribution in [-0.2, 0) is 11.3 Å².